The van der Waals surface area contributed by atoms with Gasteiger partial charge in [-0.25, -0.2) is 4.98 Å². The van der Waals surface area contributed by atoms with Crippen LogP contribution >= 0.6 is 0 Å². The summed E-state index contributed by atoms with van der Waals surface area (Å²) in [5.74, 6) is 0. The maximum atomic E-state index is 5.97. The van der Waals surface area contributed by atoms with Crippen molar-refractivity contribution in [1.29, 1.82) is 0 Å². The van der Waals surface area contributed by atoms with Crippen molar-refractivity contribution in [2.75, 3.05) is 72.7 Å². The molecule has 28 heavy (non-hydrogen) atoms. The minimum absolute atomic E-state index is 0.320. The average Bonchev–Trinajstić information content (AvgIpc) is 2.73. The van der Waals surface area contributed by atoms with Gasteiger partial charge in [-0.15, -0.1) is 0 Å². The number of fused-ring (bicyclic) bond motifs is 1. The van der Waals surface area contributed by atoms with Gasteiger partial charge >= 0.3 is 0 Å². The highest BCUT2D eigenvalue weighted by atomic mass is 16.6. The van der Waals surface area contributed by atoms with Crippen LogP contribution in [0.3, 0.4) is 0 Å². The molecule has 0 amide bonds. The van der Waals surface area contributed by atoms with Crippen LogP contribution in [0, 0.1) is 0 Å². The molecule has 1 saturated heterocycles. The van der Waals surface area contributed by atoms with Crippen LogP contribution in [-0.4, -0.2) is 82.6 Å². The van der Waals surface area contributed by atoms with Gasteiger partial charge in [0.05, 0.1) is 95.6 Å². The van der Waals surface area contributed by atoms with Crippen molar-refractivity contribution in [1.82, 2.24) is 9.97 Å². The Labute approximate surface area is 165 Å². The SMILES string of the molecule is c1ccc2nc(C3COCCOCCOCCOCCOCCO3)cnc2c1. The molecule has 1 aromatic heterocycles. The van der Waals surface area contributed by atoms with Crippen LogP contribution in [-0.2, 0) is 28.4 Å². The van der Waals surface area contributed by atoms with Crippen molar-refractivity contribution in [3.63, 3.8) is 0 Å². The Bertz CT molecular complexity index is 669. The molecule has 8 nitrogen and oxygen atoms in total. The second-order valence-corrected chi connectivity index (χ2v) is 6.17. The van der Waals surface area contributed by atoms with Gasteiger partial charge in [0.2, 0.25) is 0 Å². The zero-order valence-corrected chi connectivity index (χ0v) is 16.1. The highest BCUT2D eigenvalue weighted by Crippen LogP contribution is 2.18. The molecule has 1 aromatic carbocycles. The number of ether oxygens (including phenoxy) is 6. The summed E-state index contributed by atoms with van der Waals surface area (Å²) in [6, 6.07) is 7.76. The van der Waals surface area contributed by atoms with Gasteiger partial charge in [-0.1, -0.05) is 12.1 Å². The molecular weight excluding hydrogens is 364 g/mol. The number of benzene rings is 1. The fourth-order valence-electron chi connectivity index (χ4n) is 2.66. The summed E-state index contributed by atoms with van der Waals surface area (Å²) in [7, 11) is 0. The van der Waals surface area contributed by atoms with Gasteiger partial charge in [-0.3, -0.25) is 4.98 Å². The third-order valence-electron chi connectivity index (χ3n) is 4.10. The molecule has 0 bridgehead atoms. The van der Waals surface area contributed by atoms with E-state index in [0.29, 0.717) is 72.7 Å². The standard InChI is InChI=1S/C20H28N2O6/c1-2-4-18-17(3-1)21-15-19(22-18)20-16-27-12-11-25-8-7-23-5-6-24-9-10-26-13-14-28-20/h1-4,15,20H,5-14,16H2. The summed E-state index contributed by atoms with van der Waals surface area (Å²) < 4.78 is 33.6. The zero-order valence-electron chi connectivity index (χ0n) is 16.1. The predicted molar refractivity (Wildman–Crippen MR) is 102 cm³/mol. The fourth-order valence-corrected chi connectivity index (χ4v) is 2.66. The lowest BCUT2D eigenvalue weighted by atomic mass is 10.2. The van der Waals surface area contributed by atoms with E-state index < -0.39 is 0 Å². The summed E-state index contributed by atoms with van der Waals surface area (Å²) in [5, 5.41) is 0. The second-order valence-electron chi connectivity index (χ2n) is 6.17. The van der Waals surface area contributed by atoms with Crippen LogP contribution < -0.4 is 0 Å². The highest BCUT2D eigenvalue weighted by molar-refractivity contribution is 5.73. The Balaban J connectivity index is 1.56. The Hall–Kier alpha value is -1.68. The minimum atomic E-state index is -0.320. The number of hydrogen-bond donors (Lipinski definition) is 0. The van der Waals surface area contributed by atoms with Crippen LogP contribution in [0.25, 0.3) is 11.0 Å². The molecule has 154 valence electrons. The van der Waals surface area contributed by atoms with Crippen LogP contribution in [0.1, 0.15) is 11.8 Å². The van der Waals surface area contributed by atoms with Crippen molar-refractivity contribution in [2.24, 2.45) is 0 Å². The molecule has 1 fully saturated rings. The summed E-state index contributed by atoms with van der Waals surface area (Å²) in [4.78, 5) is 9.15. The van der Waals surface area contributed by atoms with Gasteiger partial charge < -0.3 is 28.4 Å². The molecular formula is C20H28N2O6. The number of para-hydroxylation sites is 2. The Morgan fingerprint density at radius 2 is 1.18 bits per heavy atom. The van der Waals surface area contributed by atoms with E-state index in [4.69, 9.17) is 28.4 Å². The molecule has 2 aromatic rings. The molecule has 2 heterocycles. The molecule has 0 spiro atoms. The van der Waals surface area contributed by atoms with E-state index in [1.54, 1.807) is 6.20 Å². The molecule has 0 radical (unpaired) electrons. The second kappa shape index (κ2) is 12.7. The quantitative estimate of drug-likeness (QED) is 0.727. The van der Waals surface area contributed by atoms with Crippen molar-refractivity contribution in [2.45, 2.75) is 6.10 Å². The predicted octanol–water partition coefficient (Wildman–Crippen LogP) is 1.78. The zero-order chi connectivity index (χ0) is 19.3. The van der Waals surface area contributed by atoms with Gasteiger partial charge in [-0.2, -0.15) is 0 Å². The monoisotopic (exact) mass is 392 g/mol. The van der Waals surface area contributed by atoms with Crippen LogP contribution in [0.2, 0.25) is 0 Å². The van der Waals surface area contributed by atoms with Crippen molar-refractivity contribution >= 4 is 11.0 Å². The minimum Gasteiger partial charge on any atom is -0.377 e. The normalized spacial score (nSPS) is 22.4. The first kappa shape index (κ1) is 21.0. The van der Waals surface area contributed by atoms with Crippen molar-refractivity contribution in [3.05, 3.63) is 36.2 Å². The number of hydrogen-bond acceptors (Lipinski definition) is 8. The third kappa shape index (κ3) is 7.38. The van der Waals surface area contributed by atoms with Crippen LogP contribution in [0.5, 0.6) is 0 Å². The molecule has 1 atom stereocenters. The third-order valence-corrected chi connectivity index (χ3v) is 4.10. The van der Waals surface area contributed by atoms with Gasteiger partial charge in [0.15, 0.2) is 0 Å². The first-order valence-corrected chi connectivity index (χ1v) is 9.65. The maximum Gasteiger partial charge on any atom is 0.124 e. The van der Waals surface area contributed by atoms with Crippen LogP contribution in [0.4, 0.5) is 0 Å². The summed E-state index contributed by atoms with van der Waals surface area (Å²) in [5.41, 5.74) is 2.43. The molecule has 0 saturated carbocycles. The molecule has 3 rings (SSSR count). The largest absolute Gasteiger partial charge is 0.377 e. The molecule has 8 heteroatoms. The molecule has 0 N–H and O–H groups in total. The number of nitrogens with zero attached hydrogens (tertiary/aromatic N) is 2. The maximum absolute atomic E-state index is 5.97. The smallest absolute Gasteiger partial charge is 0.124 e. The van der Waals surface area contributed by atoms with Gasteiger partial charge in [0, 0.05) is 0 Å². The summed E-state index contributed by atoms with van der Waals surface area (Å²) in [6.07, 6.45) is 1.42. The van der Waals surface area contributed by atoms with E-state index in [9.17, 15) is 0 Å². The van der Waals surface area contributed by atoms with Gasteiger partial charge in [-0.05, 0) is 12.1 Å². The molecule has 1 aliphatic heterocycles. The topological polar surface area (TPSA) is 81.2 Å². The number of aromatic nitrogens is 2. The molecule has 0 aliphatic carbocycles. The lowest BCUT2D eigenvalue weighted by Gasteiger charge is -2.18. The Morgan fingerprint density at radius 1 is 0.643 bits per heavy atom. The van der Waals surface area contributed by atoms with Gasteiger partial charge in [0.1, 0.15) is 6.10 Å². The molecule has 1 aliphatic rings. The van der Waals surface area contributed by atoms with E-state index in [1.807, 2.05) is 24.3 Å². The van der Waals surface area contributed by atoms with Gasteiger partial charge in [0.25, 0.3) is 0 Å². The highest BCUT2D eigenvalue weighted by Gasteiger charge is 2.15. The first-order chi connectivity index (χ1) is 13.9. The summed E-state index contributed by atoms with van der Waals surface area (Å²) >= 11 is 0. The number of rotatable bonds is 1. The lowest BCUT2D eigenvalue weighted by Crippen LogP contribution is -2.19. The Kier molecular flexibility index (Phi) is 9.55. The average molecular weight is 392 g/mol. The van der Waals surface area contributed by atoms with Crippen molar-refractivity contribution in [3.8, 4) is 0 Å². The first-order valence-electron chi connectivity index (χ1n) is 9.65. The van der Waals surface area contributed by atoms with E-state index in [-0.39, 0.29) is 6.10 Å². The van der Waals surface area contributed by atoms with E-state index in [0.717, 1.165) is 16.7 Å². The lowest BCUT2D eigenvalue weighted by molar-refractivity contribution is -0.0627. The molecule has 1 unspecified atom stereocenters. The van der Waals surface area contributed by atoms with E-state index >= 15 is 0 Å². The van der Waals surface area contributed by atoms with Crippen molar-refractivity contribution < 1.29 is 28.4 Å². The fraction of sp³-hybridized carbons (Fsp3) is 0.600. The summed E-state index contributed by atoms with van der Waals surface area (Å²) in [6.45, 7) is 5.47. The van der Waals surface area contributed by atoms with Crippen LogP contribution in [0.15, 0.2) is 30.5 Å². The van der Waals surface area contributed by atoms with E-state index in [1.165, 1.54) is 0 Å². The van der Waals surface area contributed by atoms with E-state index in [2.05, 4.69) is 9.97 Å². The Morgan fingerprint density at radius 3 is 1.82 bits per heavy atom.